The fourth-order valence-corrected chi connectivity index (χ4v) is 1.83. The van der Waals surface area contributed by atoms with Crippen molar-refractivity contribution in [2.45, 2.75) is 20.3 Å². The average Bonchev–Trinajstić information content (AvgIpc) is 2.43. The van der Waals surface area contributed by atoms with E-state index in [1.165, 1.54) is 11.8 Å². The van der Waals surface area contributed by atoms with Crippen molar-refractivity contribution in [3.05, 3.63) is 30.5 Å². The van der Waals surface area contributed by atoms with Crippen LogP contribution in [0.4, 0.5) is 5.82 Å². The Labute approximate surface area is 108 Å². The molecule has 0 saturated carbocycles. The molecule has 1 atom stereocenters. The van der Waals surface area contributed by atoms with E-state index >= 15 is 0 Å². The number of nitrogens with zero attached hydrogens (tertiary/aromatic N) is 1. The Hall–Kier alpha value is -1.77. The largest absolute Gasteiger partial charge is 0.497 e. The minimum absolute atomic E-state index is 0.646. The van der Waals surface area contributed by atoms with Gasteiger partial charge in [0.25, 0.3) is 0 Å². The minimum Gasteiger partial charge on any atom is -0.497 e. The highest BCUT2D eigenvalue weighted by Crippen LogP contribution is 2.25. The molecule has 0 fully saturated rings. The molecule has 0 radical (unpaired) electrons. The van der Waals surface area contributed by atoms with Crippen molar-refractivity contribution in [3.63, 3.8) is 0 Å². The van der Waals surface area contributed by atoms with Crippen molar-refractivity contribution in [2.24, 2.45) is 5.92 Å². The SMILES string of the molecule is CCC(C)CNc1nccc2ccc(OC)cc12. The number of hydrogen-bond acceptors (Lipinski definition) is 3. The van der Waals surface area contributed by atoms with Crippen LogP contribution in [0.5, 0.6) is 5.75 Å². The van der Waals surface area contributed by atoms with Crippen molar-refractivity contribution in [2.75, 3.05) is 19.0 Å². The van der Waals surface area contributed by atoms with E-state index in [9.17, 15) is 0 Å². The van der Waals surface area contributed by atoms with Gasteiger partial charge in [0.05, 0.1) is 7.11 Å². The van der Waals surface area contributed by atoms with Gasteiger partial charge in [-0.3, -0.25) is 0 Å². The van der Waals surface area contributed by atoms with Crippen molar-refractivity contribution < 1.29 is 4.74 Å². The summed E-state index contributed by atoms with van der Waals surface area (Å²) in [6.45, 7) is 5.38. The summed E-state index contributed by atoms with van der Waals surface area (Å²) >= 11 is 0. The molecule has 18 heavy (non-hydrogen) atoms. The lowest BCUT2D eigenvalue weighted by Crippen LogP contribution is -2.11. The Morgan fingerprint density at radius 1 is 1.33 bits per heavy atom. The third-order valence-electron chi connectivity index (χ3n) is 3.29. The predicted octanol–water partition coefficient (Wildman–Crippen LogP) is 3.70. The van der Waals surface area contributed by atoms with Crippen molar-refractivity contribution in [3.8, 4) is 5.75 Å². The number of ether oxygens (including phenoxy) is 1. The first-order valence-corrected chi connectivity index (χ1v) is 6.41. The molecule has 3 heteroatoms. The highest BCUT2D eigenvalue weighted by atomic mass is 16.5. The highest BCUT2D eigenvalue weighted by molar-refractivity contribution is 5.92. The third-order valence-corrected chi connectivity index (χ3v) is 3.29. The number of aromatic nitrogens is 1. The molecule has 96 valence electrons. The van der Waals surface area contributed by atoms with Gasteiger partial charge in [-0.25, -0.2) is 4.98 Å². The molecule has 0 spiro atoms. The first-order chi connectivity index (χ1) is 8.74. The van der Waals surface area contributed by atoms with Gasteiger partial charge in [-0.05, 0) is 29.5 Å². The second-order valence-electron chi connectivity index (χ2n) is 4.64. The molecule has 0 saturated heterocycles. The monoisotopic (exact) mass is 244 g/mol. The molecule has 3 nitrogen and oxygen atoms in total. The molecule has 2 aromatic rings. The van der Waals surface area contributed by atoms with Crippen LogP contribution >= 0.6 is 0 Å². The van der Waals surface area contributed by atoms with Crippen LogP contribution in [-0.4, -0.2) is 18.6 Å². The van der Waals surface area contributed by atoms with Gasteiger partial charge in [-0.15, -0.1) is 0 Å². The molecule has 2 rings (SSSR count). The molecule has 1 N–H and O–H groups in total. The molecular formula is C15H20N2O. The fourth-order valence-electron chi connectivity index (χ4n) is 1.83. The van der Waals surface area contributed by atoms with Crippen LogP contribution in [0.25, 0.3) is 10.8 Å². The highest BCUT2D eigenvalue weighted by Gasteiger charge is 2.05. The van der Waals surface area contributed by atoms with Gasteiger partial charge in [0.1, 0.15) is 11.6 Å². The van der Waals surface area contributed by atoms with E-state index in [0.29, 0.717) is 5.92 Å². The van der Waals surface area contributed by atoms with Crippen molar-refractivity contribution in [1.82, 2.24) is 4.98 Å². The summed E-state index contributed by atoms with van der Waals surface area (Å²) in [6, 6.07) is 8.08. The lowest BCUT2D eigenvalue weighted by atomic mass is 10.1. The molecule has 1 aromatic heterocycles. The number of fused-ring (bicyclic) bond motifs is 1. The quantitative estimate of drug-likeness (QED) is 0.870. The van der Waals surface area contributed by atoms with Crippen LogP contribution in [-0.2, 0) is 0 Å². The zero-order valence-corrected chi connectivity index (χ0v) is 11.2. The minimum atomic E-state index is 0.646. The third kappa shape index (κ3) is 2.73. The van der Waals surface area contributed by atoms with Crippen LogP contribution in [0.3, 0.4) is 0 Å². The van der Waals surface area contributed by atoms with Crippen LogP contribution < -0.4 is 10.1 Å². The van der Waals surface area contributed by atoms with Crippen molar-refractivity contribution >= 4 is 16.6 Å². The maximum absolute atomic E-state index is 5.27. The van der Waals surface area contributed by atoms with Gasteiger partial charge in [-0.2, -0.15) is 0 Å². The summed E-state index contributed by atoms with van der Waals surface area (Å²) in [5.41, 5.74) is 0. The van der Waals surface area contributed by atoms with E-state index in [1.807, 2.05) is 24.4 Å². The standard InChI is InChI=1S/C15H20N2O/c1-4-11(2)10-17-15-14-9-13(18-3)6-5-12(14)7-8-16-15/h5-9,11H,4,10H2,1-3H3,(H,16,17). The Kier molecular flexibility index (Phi) is 4.03. The van der Waals surface area contributed by atoms with E-state index in [1.54, 1.807) is 7.11 Å². The van der Waals surface area contributed by atoms with E-state index in [4.69, 9.17) is 4.74 Å². The first-order valence-electron chi connectivity index (χ1n) is 6.41. The zero-order valence-electron chi connectivity index (χ0n) is 11.2. The molecule has 1 aromatic carbocycles. The predicted molar refractivity (Wildman–Crippen MR) is 76.2 cm³/mol. The normalized spacial score (nSPS) is 12.4. The Bertz CT molecular complexity index is 525. The van der Waals surface area contributed by atoms with E-state index in [0.717, 1.165) is 23.5 Å². The van der Waals surface area contributed by atoms with Gasteiger partial charge < -0.3 is 10.1 Å². The Morgan fingerprint density at radius 2 is 2.17 bits per heavy atom. The second kappa shape index (κ2) is 5.71. The number of hydrogen-bond donors (Lipinski definition) is 1. The molecule has 0 amide bonds. The Balaban J connectivity index is 2.31. The van der Waals surface area contributed by atoms with Crippen molar-refractivity contribution in [1.29, 1.82) is 0 Å². The maximum Gasteiger partial charge on any atom is 0.133 e. The van der Waals surface area contributed by atoms with Crippen LogP contribution in [0.1, 0.15) is 20.3 Å². The second-order valence-corrected chi connectivity index (χ2v) is 4.64. The lowest BCUT2D eigenvalue weighted by Gasteiger charge is -2.13. The van der Waals surface area contributed by atoms with Gasteiger partial charge in [-0.1, -0.05) is 26.3 Å². The fraction of sp³-hybridized carbons (Fsp3) is 0.400. The molecule has 0 aliphatic rings. The summed E-state index contributed by atoms with van der Waals surface area (Å²) in [4.78, 5) is 4.42. The molecule has 1 unspecified atom stereocenters. The van der Waals surface area contributed by atoms with Crippen LogP contribution in [0, 0.1) is 5.92 Å². The maximum atomic E-state index is 5.27. The molecular weight excluding hydrogens is 224 g/mol. The van der Waals surface area contributed by atoms with Gasteiger partial charge in [0.15, 0.2) is 0 Å². The Morgan fingerprint density at radius 3 is 2.89 bits per heavy atom. The topological polar surface area (TPSA) is 34.2 Å². The summed E-state index contributed by atoms with van der Waals surface area (Å²) in [7, 11) is 1.68. The van der Waals surface area contributed by atoms with Crippen LogP contribution in [0.15, 0.2) is 30.5 Å². The number of rotatable bonds is 5. The lowest BCUT2D eigenvalue weighted by molar-refractivity contribution is 0.415. The van der Waals surface area contributed by atoms with Gasteiger partial charge >= 0.3 is 0 Å². The summed E-state index contributed by atoms with van der Waals surface area (Å²) in [5, 5.41) is 5.71. The molecule has 0 aliphatic carbocycles. The number of methoxy groups -OCH3 is 1. The van der Waals surface area contributed by atoms with Gasteiger partial charge in [0, 0.05) is 18.1 Å². The van der Waals surface area contributed by atoms with E-state index in [-0.39, 0.29) is 0 Å². The van der Waals surface area contributed by atoms with Crippen LogP contribution in [0.2, 0.25) is 0 Å². The number of nitrogens with one attached hydrogen (secondary N) is 1. The summed E-state index contributed by atoms with van der Waals surface area (Å²) in [6.07, 6.45) is 3.01. The smallest absolute Gasteiger partial charge is 0.133 e. The zero-order chi connectivity index (χ0) is 13.0. The molecule has 0 aliphatic heterocycles. The van der Waals surface area contributed by atoms with E-state index < -0.39 is 0 Å². The number of pyridine rings is 1. The molecule has 1 heterocycles. The summed E-state index contributed by atoms with van der Waals surface area (Å²) in [5.74, 6) is 2.45. The number of anilines is 1. The van der Waals surface area contributed by atoms with Gasteiger partial charge in [0.2, 0.25) is 0 Å². The molecule has 0 bridgehead atoms. The van der Waals surface area contributed by atoms with E-state index in [2.05, 4.69) is 30.2 Å². The number of benzene rings is 1. The first kappa shape index (κ1) is 12.7. The average molecular weight is 244 g/mol. The summed E-state index contributed by atoms with van der Waals surface area (Å²) < 4.78 is 5.27.